The van der Waals surface area contributed by atoms with Crippen LogP contribution >= 0.6 is 0 Å². The average Bonchev–Trinajstić information content (AvgIpc) is 2.74. The molecule has 0 bridgehead atoms. The van der Waals surface area contributed by atoms with Crippen LogP contribution in [0.2, 0.25) is 0 Å². The molecule has 0 atom stereocenters. The first-order valence-corrected chi connectivity index (χ1v) is 10.4. The van der Waals surface area contributed by atoms with Crippen LogP contribution in [0.25, 0.3) is 0 Å². The van der Waals surface area contributed by atoms with Crippen LogP contribution in [0, 0.1) is 6.92 Å². The van der Waals surface area contributed by atoms with Gasteiger partial charge in [0.15, 0.2) is 11.6 Å². The van der Waals surface area contributed by atoms with Gasteiger partial charge in [-0.2, -0.15) is 0 Å². The van der Waals surface area contributed by atoms with E-state index < -0.39 is 0 Å². The van der Waals surface area contributed by atoms with Gasteiger partial charge in [-0.3, -0.25) is 4.79 Å². The Morgan fingerprint density at radius 3 is 2.30 bits per heavy atom. The molecule has 3 aromatic rings. The van der Waals surface area contributed by atoms with Crippen molar-refractivity contribution in [1.82, 2.24) is 9.97 Å². The lowest BCUT2D eigenvalue weighted by atomic mass is 9.73. The topological polar surface area (TPSA) is 55.3 Å². The highest BCUT2D eigenvalue weighted by molar-refractivity contribution is 5.90. The third kappa shape index (κ3) is 3.19. The average molecular weight is 399 g/mol. The summed E-state index contributed by atoms with van der Waals surface area (Å²) in [6, 6.07) is 17.6. The Kier molecular flexibility index (Phi) is 4.63. The van der Waals surface area contributed by atoms with Gasteiger partial charge >= 0.3 is 0 Å². The molecule has 30 heavy (non-hydrogen) atoms. The Morgan fingerprint density at radius 1 is 1.03 bits per heavy atom. The number of carbonyl (C=O) groups is 1. The second-order valence-corrected chi connectivity index (χ2v) is 8.38. The third-order valence-electron chi connectivity index (χ3n) is 6.35. The molecule has 0 radical (unpaired) electrons. The number of Topliss-reactive ketones (excluding diaryl/α,β-unsaturated/α-hetero) is 1. The summed E-state index contributed by atoms with van der Waals surface area (Å²) in [5.74, 6) is 0.208. The minimum atomic E-state index is -0.0941. The van der Waals surface area contributed by atoms with Crippen LogP contribution in [-0.2, 0) is 23.1 Å². The predicted molar refractivity (Wildman–Crippen MR) is 116 cm³/mol. The van der Waals surface area contributed by atoms with Crippen molar-refractivity contribution in [3.8, 4) is 0 Å². The van der Waals surface area contributed by atoms with Gasteiger partial charge in [-0.05, 0) is 42.2 Å². The highest BCUT2D eigenvalue weighted by Gasteiger charge is 2.42. The first-order valence-electron chi connectivity index (χ1n) is 10.4. The van der Waals surface area contributed by atoms with Crippen molar-refractivity contribution >= 4 is 11.5 Å². The molecule has 0 N–H and O–H groups in total. The fourth-order valence-electron chi connectivity index (χ4n) is 4.36. The molecule has 3 heterocycles. The van der Waals surface area contributed by atoms with E-state index in [2.05, 4.69) is 70.3 Å². The van der Waals surface area contributed by atoms with E-state index in [1.807, 2.05) is 0 Å². The Balaban J connectivity index is 1.40. The van der Waals surface area contributed by atoms with Crippen molar-refractivity contribution in [2.45, 2.75) is 32.2 Å². The fourth-order valence-corrected chi connectivity index (χ4v) is 4.36. The van der Waals surface area contributed by atoms with Gasteiger partial charge in [-0.25, -0.2) is 9.97 Å². The number of hydrogen-bond donors (Lipinski definition) is 0. The summed E-state index contributed by atoms with van der Waals surface area (Å²) in [4.78, 5) is 22.6. The van der Waals surface area contributed by atoms with Gasteiger partial charge in [0.05, 0.1) is 30.9 Å². The minimum absolute atomic E-state index is 0.0512. The smallest absolute Gasteiger partial charge is 0.196 e. The maximum absolute atomic E-state index is 11.6. The number of ether oxygens (including phenoxy) is 1. The second-order valence-electron chi connectivity index (χ2n) is 8.38. The third-order valence-corrected chi connectivity index (χ3v) is 6.35. The zero-order chi connectivity index (χ0) is 20.7. The quantitative estimate of drug-likeness (QED) is 0.624. The number of aromatic nitrogens is 2. The van der Waals surface area contributed by atoms with Crippen LogP contribution < -0.4 is 4.90 Å². The number of ketones is 1. The first kappa shape index (κ1) is 18.9. The number of hydrogen-bond acceptors (Lipinski definition) is 5. The molecular formula is C25H25N3O2. The zero-order valence-electron chi connectivity index (χ0n) is 17.4. The van der Waals surface area contributed by atoms with Crippen molar-refractivity contribution < 1.29 is 9.53 Å². The minimum Gasteiger partial charge on any atom is -0.379 e. The molecule has 1 fully saturated rings. The molecule has 5 heteroatoms. The molecule has 1 saturated heterocycles. The molecule has 1 aromatic heterocycles. The number of aryl methyl sites for hydroxylation is 1. The van der Waals surface area contributed by atoms with E-state index in [1.165, 1.54) is 29.3 Å². The molecule has 5 rings (SSSR count). The normalized spacial score (nSPS) is 17.2. The van der Waals surface area contributed by atoms with Crippen molar-refractivity contribution in [1.29, 1.82) is 0 Å². The van der Waals surface area contributed by atoms with Crippen molar-refractivity contribution in [2.75, 3.05) is 24.7 Å². The number of rotatable bonds is 4. The fraction of sp³-hybridized carbons (Fsp3) is 0.320. The summed E-state index contributed by atoms with van der Waals surface area (Å²) < 4.78 is 5.64. The summed E-state index contributed by atoms with van der Waals surface area (Å²) in [6.07, 6.45) is 2.69. The van der Waals surface area contributed by atoms with Crippen LogP contribution in [0.5, 0.6) is 0 Å². The van der Waals surface area contributed by atoms with E-state index in [4.69, 9.17) is 4.74 Å². The van der Waals surface area contributed by atoms with E-state index in [9.17, 15) is 4.79 Å². The molecule has 0 saturated carbocycles. The summed E-state index contributed by atoms with van der Waals surface area (Å²) >= 11 is 0. The van der Waals surface area contributed by atoms with Gasteiger partial charge < -0.3 is 9.64 Å². The molecule has 5 nitrogen and oxygen atoms in total. The van der Waals surface area contributed by atoms with Crippen LogP contribution in [-0.4, -0.2) is 35.5 Å². The number of fused-ring (bicyclic) bond motifs is 1. The van der Waals surface area contributed by atoms with Crippen LogP contribution in [0.3, 0.4) is 0 Å². The van der Waals surface area contributed by atoms with E-state index in [0.717, 1.165) is 37.4 Å². The van der Waals surface area contributed by atoms with Gasteiger partial charge in [0.1, 0.15) is 0 Å². The number of benzene rings is 2. The highest BCUT2D eigenvalue weighted by Crippen LogP contribution is 2.40. The molecule has 2 aliphatic rings. The molecular weight excluding hydrogens is 374 g/mol. The largest absolute Gasteiger partial charge is 0.379 e. The maximum atomic E-state index is 11.6. The SMILES string of the molecule is CC(=O)c1ncc2c(n1)CN(c1ccc(C3(c4ccc(C)cc4)COC3)cc1)CC2. The standard InChI is InChI=1S/C25H25N3O2/c1-17-3-5-20(6-4-17)25(15-30-16-25)21-7-9-22(10-8-21)28-12-11-19-13-26-24(18(2)29)27-23(19)14-28/h3-10,13H,11-12,14-16H2,1-2H3. The van der Waals surface area contributed by atoms with Crippen LogP contribution in [0.1, 0.15) is 45.5 Å². The van der Waals surface area contributed by atoms with Gasteiger partial charge in [0.2, 0.25) is 0 Å². The van der Waals surface area contributed by atoms with E-state index in [1.54, 1.807) is 6.20 Å². The predicted octanol–water partition coefficient (Wildman–Crippen LogP) is 3.87. The van der Waals surface area contributed by atoms with E-state index in [-0.39, 0.29) is 11.2 Å². The van der Waals surface area contributed by atoms with Gasteiger partial charge in [0, 0.05) is 25.4 Å². The van der Waals surface area contributed by atoms with Crippen molar-refractivity contribution in [3.63, 3.8) is 0 Å². The maximum Gasteiger partial charge on any atom is 0.196 e. The zero-order valence-corrected chi connectivity index (χ0v) is 17.4. The Labute approximate surface area is 176 Å². The van der Waals surface area contributed by atoms with Crippen molar-refractivity contribution in [2.24, 2.45) is 0 Å². The summed E-state index contributed by atoms with van der Waals surface area (Å²) in [5, 5.41) is 0. The Hall–Kier alpha value is -3.05. The molecule has 2 aliphatic heterocycles. The summed E-state index contributed by atoms with van der Waals surface area (Å²) in [6.45, 7) is 6.68. The number of anilines is 1. The van der Waals surface area contributed by atoms with Gasteiger partial charge in [0.25, 0.3) is 0 Å². The monoisotopic (exact) mass is 399 g/mol. The molecule has 0 unspecified atom stereocenters. The van der Waals surface area contributed by atoms with Crippen LogP contribution in [0.15, 0.2) is 54.7 Å². The second kappa shape index (κ2) is 7.33. The first-order chi connectivity index (χ1) is 14.5. The van der Waals surface area contributed by atoms with E-state index >= 15 is 0 Å². The molecule has 152 valence electrons. The summed E-state index contributed by atoms with van der Waals surface area (Å²) in [7, 11) is 0. The lowest BCUT2D eigenvalue weighted by Gasteiger charge is -2.43. The lowest BCUT2D eigenvalue weighted by Crippen LogP contribution is -2.47. The number of carbonyl (C=O) groups excluding carboxylic acids is 1. The molecule has 0 spiro atoms. The molecule has 0 aliphatic carbocycles. The van der Waals surface area contributed by atoms with Gasteiger partial charge in [-0.1, -0.05) is 42.0 Å². The molecule has 2 aromatic carbocycles. The lowest BCUT2D eigenvalue weighted by molar-refractivity contribution is -0.0379. The van der Waals surface area contributed by atoms with Crippen molar-refractivity contribution in [3.05, 3.63) is 88.5 Å². The van der Waals surface area contributed by atoms with Gasteiger partial charge in [-0.15, -0.1) is 0 Å². The Morgan fingerprint density at radius 2 is 1.70 bits per heavy atom. The van der Waals surface area contributed by atoms with Crippen LogP contribution in [0.4, 0.5) is 5.69 Å². The van der Waals surface area contributed by atoms with E-state index in [0.29, 0.717) is 12.4 Å². The molecule has 0 amide bonds. The Bertz CT molecular complexity index is 1090. The summed E-state index contributed by atoms with van der Waals surface area (Å²) in [5.41, 5.74) is 7.09. The number of nitrogens with zero attached hydrogens (tertiary/aromatic N) is 3. The highest BCUT2D eigenvalue weighted by atomic mass is 16.5.